The first-order chi connectivity index (χ1) is 18.3. The Bertz CT molecular complexity index is 1660. The normalized spacial score (nSPS) is 15.1. The first kappa shape index (κ1) is 33.6. The van der Waals surface area contributed by atoms with Crippen LogP contribution in [0.1, 0.15) is 48.6 Å². The molecule has 1 N–H and O–H groups in total. The molecule has 0 spiro atoms. The van der Waals surface area contributed by atoms with Gasteiger partial charge in [0.05, 0.1) is 26.6 Å². The summed E-state index contributed by atoms with van der Waals surface area (Å²) in [6.07, 6.45) is 5.60. The fraction of sp³-hybridized carbons (Fsp3) is 0.357. The number of anilines is 1. The summed E-state index contributed by atoms with van der Waals surface area (Å²) in [6.45, 7) is 6.70. The number of para-hydroxylation sites is 1. The topological polar surface area (TPSA) is 128 Å². The first-order valence-electron chi connectivity index (χ1n) is 12.7. The SMILES string of the molecule is CCC(/C=C1\Sc2cc(C)c(C)cc2N1CCCCS(=O)(=O)[O-])=C\c1oc2ccccc2c1CCS(=O)(=O)O.[K+]. The summed E-state index contributed by atoms with van der Waals surface area (Å²) in [4.78, 5) is 3.26. The third kappa shape index (κ3) is 8.79. The number of allylic oxidation sites excluding steroid dienone is 2. The summed E-state index contributed by atoms with van der Waals surface area (Å²) in [5, 5.41) is 1.78. The number of nitrogens with zero attached hydrogens (tertiary/aromatic N) is 1. The number of hydrogen-bond acceptors (Lipinski definition) is 8. The van der Waals surface area contributed by atoms with E-state index in [1.165, 1.54) is 5.56 Å². The van der Waals surface area contributed by atoms with Crippen LogP contribution in [-0.4, -0.2) is 44.0 Å². The summed E-state index contributed by atoms with van der Waals surface area (Å²) in [5.74, 6) is -0.241. The molecule has 1 aliphatic rings. The van der Waals surface area contributed by atoms with E-state index >= 15 is 0 Å². The fourth-order valence-electron chi connectivity index (χ4n) is 4.54. The molecule has 0 saturated carbocycles. The predicted molar refractivity (Wildman–Crippen MR) is 156 cm³/mol. The Balaban J connectivity index is 0.00000441. The van der Waals surface area contributed by atoms with E-state index in [0.717, 1.165) is 37.7 Å². The van der Waals surface area contributed by atoms with Gasteiger partial charge in [-0.25, -0.2) is 8.42 Å². The minimum absolute atomic E-state index is 0. The quantitative estimate of drug-likeness (QED) is 0.193. The number of hydrogen-bond donors (Lipinski definition) is 1. The van der Waals surface area contributed by atoms with Crippen LogP contribution in [0.5, 0.6) is 0 Å². The van der Waals surface area contributed by atoms with Gasteiger partial charge >= 0.3 is 51.4 Å². The van der Waals surface area contributed by atoms with Crippen LogP contribution in [-0.2, 0) is 26.7 Å². The summed E-state index contributed by atoms with van der Waals surface area (Å²) < 4.78 is 71.6. The summed E-state index contributed by atoms with van der Waals surface area (Å²) >= 11 is 1.63. The fourth-order valence-corrected chi connectivity index (χ4v) is 6.80. The van der Waals surface area contributed by atoms with E-state index in [0.29, 0.717) is 30.7 Å². The second-order valence-electron chi connectivity index (χ2n) is 9.66. The molecular weight excluding hydrogens is 598 g/mol. The summed E-state index contributed by atoms with van der Waals surface area (Å²) in [7, 11) is -8.40. The molecule has 0 atom stereocenters. The van der Waals surface area contributed by atoms with Gasteiger partial charge in [0.2, 0.25) is 0 Å². The molecular formula is C28H32KNO7S3. The van der Waals surface area contributed by atoms with E-state index in [2.05, 4.69) is 37.0 Å². The molecule has 0 amide bonds. The molecule has 0 fully saturated rings. The van der Waals surface area contributed by atoms with E-state index in [1.807, 2.05) is 37.3 Å². The Morgan fingerprint density at radius 2 is 1.77 bits per heavy atom. The van der Waals surface area contributed by atoms with E-state index in [9.17, 15) is 25.9 Å². The Kier molecular flexibility index (Phi) is 11.8. The third-order valence-electron chi connectivity index (χ3n) is 6.75. The van der Waals surface area contributed by atoms with Crippen molar-refractivity contribution >= 4 is 54.7 Å². The first-order valence-corrected chi connectivity index (χ1v) is 16.7. The van der Waals surface area contributed by atoms with Crippen LogP contribution >= 0.6 is 11.8 Å². The molecule has 8 nitrogen and oxygen atoms in total. The van der Waals surface area contributed by atoms with Gasteiger partial charge in [-0.2, -0.15) is 8.42 Å². The average molecular weight is 630 g/mol. The van der Waals surface area contributed by atoms with Gasteiger partial charge in [-0.15, -0.1) is 0 Å². The number of benzene rings is 2. The van der Waals surface area contributed by atoms with Crippen molar-refractivity contribution in [1.29, 1.82) is 0 Å². The van der Waals surface area contributed by atoms with Gasteiger partial charge in [-0.1, -0.05) is 36.9 Å². The molecule has 0 unspecified atom stereocenters. The molecule has 2 heterocycles. The maximum absolute atomic E-state index is 11.5. The molecule has 12 heteroatoms. The molecule has 2 aromatic carbocycles. The molecule has 1 aliphatic heterocycles. The van der Waals surface area contributed by atoms with Crippen molar-refractivity contribution in [1.82, 2.24) is 0 Å². The van der Waals surface area contributed by atoms with Gasteiger partial charge in [-0.05, 0) is 86.6 Å². The second kappa shape index (κ2) is 14.0. The van der Waals surface area contributed by atoms with Gasteiger partial charge < -0.3 is 13.9 Å². The molecule has 0 radical (unpaired) electrons. The van der Waals surface area contributed by atoms with E-state index in [1.54, 1.807) is 11.8 Å². The smallest absolute Gasteiger partial charge is 0.748 e. The summed E-state index contributed by atoms with van der Waals surface area (Å²) in [6, 6.07) is 11.7. The van der Waals surface area contributed by atoms with Crippen molar-refractivity contribution in [3.8, 4) is 0 Å². The monoisotopic (exact) mass is 629 g/mol. The van der Waals surface area contributed by atoms with Crippen molar-refractivity contribution in [2.75, 3.05) is 23.0 Å². The van der Waals surface area contributed by atoms with Crippen LogP contribution in [0.15, 0.2) is 62.4 Å². The standard InChI is InChI=1S/C28H33NO7S3.K/c1-4-21(17-26-23(11-14-39(33,34)35)22-9-5-6-10-25(22)36-26)18-28-29(12-7-8-13-38(30,31)32)24-15-19(2)20(3)16-27(24)37-28;/h5-6,9-10,15-18H,4,7-8,11-14H2,1-3H3,(H,30,31,32)(H,33,34,35);/q;+1/p-1/b21-17+,28-18-;. The Hall–Kier alpha value is -0.934. The number of aryl methyl sites for hydroxylation is 3. The van der Waals surface area contributed by atoms with E-state index < -0.39 is 26.0 Å². The van der Waals surface area contributed by atoms with Crippen molar-refractivity contribution in [2.24, 2.45) is 0 Å². The maximum Gasteiger partial charge on any atom is 1.00 e. The molecule has 210 valence electrons. The van der Waals surface area contributed by atoms with Crippen LogP contribution in [0.25, 0.3) is 17.0 Å². The molecule has 4 rings (SSSR count). The third-order valence-corrected chi connectivity index (χ3v) is 9.35. The molecule has 0 bridgehead atoms. The number of rotatable bonds is 11. The predicted octanol–water partition coefficient (Wildman–Crippen LogP) is 3.06. The molecule has 3 aromatic rings. The zero-order valence-corrected chi connectivity index (χ0v) is 28.7. The maximum atomic E-state index is 11.5. The Morgan fingerprint density at radius 3 is 2.45 bits per heavy atom. The van der Waals surface area contributed by atoms with Crippen molar-refractivity contribution in [2.45, 2.75) is 51.3 Å². The van der Waals surface area contributed by atoms with Crippen molar-refractivity contribution < 1.29 is 81.7 Å². The van der Waals surface area contributed by atoms with Gasteiger partial charge in [0.1, 0.15) is 11.3 Å². The van der Waals surface area contributed by atoms with Crippen molar-refractivity contribution in [3.63, 3.8) is 0 Å². The van der Waals surface area contributed by atoms with Crippen LogP contribution < -0.4 is 56.3 Å². The van der Waals surface area contributed by atoms with Crippen LogP contribution in [0.4, 0.5) is 5.69 Å². The largest absolute Gasteiger partial charge is 1.00 e. The van der Waals surface area contributed by atoms with E-state index in [4.69, 9.17) is 4.42 Å². The Morgan fingerprint density at radius 1 is 1.07 bits per heavy atom. The van der Waals surface area contributed by atoms with Gasteiger partial charge in [-0.3, -0.25) is 4.55 Å². The van der Waals surface area contributed by atoms with Crippen LogP contribution in [0.2, 0.25) is 0 Å². The zero-order chi connectivity index (χ0) is 28.4. The number of fused-ring (bicyclic) bond motifs is 2. The van der Waals surface area contributed by atoms with Gasteiger partial charge in [0.25, 0.3) is 10.1 Å². The van der Waals surface area contributed by atoms with Gasteiger partial charge in [0.15, 0.2) is 0 Å². The zero-order valence-electron chi connectivity index (χ0n) is 23.1. The summed E-state index contributed by atoms with van der Waals surface area (Å²) in [5.41, 5.74) is 5.69. The van der Waals surface area contributed by atoms with Crippen LogP contribution in [0.3, 0.4) is 0 Å². The second-order valence-corrected chi connectivity index (χ2v) is 13.8. The number of furan rings is 1. The molecule has 40 heavy (non-hydrogen) atoms. The number of thioether (sulfide) groups is 1. The average Bonchev–Trinajstić information content (AvgIpc) is 3.36. The number of unbranched alkanes of at least 4 members (excludes halogenated alkanes) is 1. The molecule has 1 aromatic heterocycles. The van der Waals surface area contributed by atoms with Crippen molar-refractivity contribution in [3.05, 3.63) is 75.5 Å². The molecule has 0 saturated heterocycles. The van der Waals surface area contributed by atoms with E-state index in [-0.39, 0.29) is 70.0 Å². The van der Waals surface area contributed by atoms with Crippen LogP contribution in [0, 0.1) is 13.8 Å². The minimum atomic E-state index is -4.25. The van der Waals surface area contributed by atoms with Gasteiger partial charge in [0, 0.05) is 28.1 Å². The Labute approximate surface area is 283 Å². The molecule has 0 aliphatic carbocycles. The minimum Gasteiger partial charge on any atom is -0.748 e.